The van der Waals surface area contributed by atoms with E-state index in [1.165, 1.54) is 0 Å². The third kappa shape index (κ3) is 161. The molecule has 0 heterocycles. The molecule has 15 heavy (non-hydrogen) atoms. The van der Waals surface area contributed by atoms with E-state index in [9.17, 15) is 15.1 Å². The second kappa shape index (κ2) is 32.6. The molecule has 0 aromatic heterocycles. The number of hydrogen-bond donors (Lipinski definition) is 0. The first-order valence-corrected chi connectivity index (χ1v) is 8.50. The third-order valence-electron chi connectivity index (χ3n) is 0. The van der Waals surface area contributed by atoms with Gasteiger partial charge in [-0.15, -0.1) is 0 Å². The molecular weight excluding hydrogens is 770 g/mol. The van der Waals surface area contributed by atoms with Crippen LogP contribution in [0.25, 0.3) is 0 Å². The average molecular weight is 770 g/mol. The minimum absolute atomic E-state index is 0. The van der Waals surface area contributed by atoms with Gasteiger partial charge in [-0.05, 0) is 0 Å². The summed E-state index contributed by atoms with van der Waals surface area (Å²) in [6.07, 6.45) is 0. The van der Waals surface area contributed by atoms with Gasteiger partial charge in [0.25, 0.3) is 0 Å². The standard InChI is InChI=1S/3BBrIO.3Na/c3*2-1(3)4;;;/q3*-1;3*+1. The van der Waals surface area contributed by atoms with Crippen LogP contribution in [0.15, 0.2) is 0 Å². The van der Waals surface area contributed by atoms with Gasteiger partial charge < -0.3 is 15.1 Å². The molecule has 0 bridgehead atoms. The van der Waals surface area contributed by atoms with Gasteiger partial charge in [0.1, 0.15) is 0 Å². The van der Waals surface area contributed by atoms with Gasteiger partial charge in [0.05, 0.1) is 0 Å². The Morgan fingerprint density at radius 3 is 0.600 bits per heavy atom. The van der Waals surface area contributed by atoms with Crippen LogP contribution >= 0.6 is 114 Å². The van der Waals surface area contributed by atoms with Crippen molar-refractivity contribution in [2.75, 3.05) is 0 Å². The molecule has 0 aliphatic rings. The minimum Gasteiger partial charge on any atom is -0.861 e. The van der Waals surface area contributed by atoms with Gasteiger partial charge in [0, 0.05) is 0 Å². The maximum atomic E-state index is 9.43. The molecule has 0 unspecified atom stereocenters. The van der Waals surface area contributed by atoms with E-state index < -0.39 is 10.8 Å². The number of rotatable bonds is 0. The van der Waals surface area contributed by atoms with Crippen molar-refractivity contribution in [3.63, 3.8) is 0 Å². The zero-order valence-electron chi connectivity index (χ0n) is 8.22. The summed E-state index contributed by atoms with van der Waals surface area (Å²) in [4.78, 5) is 0. The number of halogens is 6. The van der Waals surface area contributed by atoms with Crippen LogP contribution in [0.4, 0.5) is 0 Å². The van der Waals surface area contributed by atoms with Gasteiger partial charge >= 0.3 is 88.7 Å². The zero-order valence-corrected chi connectivity index (χ0v) is 25.5. The molecule has 0 fully saturated rings. The molecule has 0 amide bonds. The molecule has 0 atom stereocenters. The van der Waals surface area contributed by atoms with Crippen LogP contribution in [-0.2, 0) is 0 Å². The summed E-state index contributed by atoms with van der Waals surface area (Å²) in [7, 11) is 0. The Morgan fingerprint density at radius 2 is 0.600 bits per heavy atom. The van der Waals surface area contributed by atoms with Crippen LogP contribution in [-0.4, -0.2) is 10.8 Å². The van der Waals surface area contributed by atoms with Crippen LogP contribution in [0.3, 0.4) is 0 Å². The molecule has 0 N–H and O–H groups in total. The SMILES string of the molecule is [Na+].[Na+].[Na+].[O-]B(Br)I.[O-]B(Br)I.[O-]B(Br)I. The van der Waals surface area contributed by atoms with Crippen molar-refractivity contribution in [1.82, 2.24) is 0 Å². The van der Waals surface area contributed by atoms with Crippen molar-refractivity contribution in [2.24, 2.45) is 0 Å². The fourth-order valence-corrected chi connectivity index (χ4v) is 0. The Labute approximate surface area is 223 Å². The Morgan fingerprint density at radius 1 is 0.600 bits per heavy atom. The van der Waals surface area contributed by atoms with E-state index in [1.807, 2.05) is 0 Å². The first-order chi connectivity index (χ1) is 5.20. The Bertz CT molecular complexity index is 63.4. The quantitative estimate of drug-likeness (QED) is 0.182. The fourth-order valence-electron chi connectivity index (χ4n) is 0. The van der Waals surface area contributed by atoms with Crippen LogP contribution in [0.2, 0.25) is 0 Å². The van der Waals surface area contributed by atoms with Gasteiger partial charge in [-0.3, -0.25) is 0 Å². The summed E-state index contributed by atoms with van der Waals surface area (Å²) >= 11 is 13.2. The van der Waals surface area contributed by atoms with Crippen LogP contribution in [0, 0.1) is 0 Å². The molecule has 0 aliphatic heterocycles. The van der Waals surface area contributed by atoms with E-state index >= 15 is 0 Å². The second-order valence-corrected chi connectivity index (χ2v) is 11.8. The van der Waals surface area contributed by atoms with Crippen LogP contribution < -0.4 is 104 Å². The third-order valence-corrected chi connectivity index (χ3v) is 0. The summed E-state index contributed by atoms with van der Waals surface area (Å²) in [6, 6.07) is 0. The Balaban J connectivity index is -0.0000000184. The van der Waals surface area contributed by atoms with Crippen molar-refractivity contribution in [1.29, 1.82) is 0 Å². The van der Waals surface area contributed by atoms with Crippen molar-refractivity contribution < 1.29 is 104 Å². The molecule has 0 aliphatic carbocycles. The Kier molecular flexibility index (Phi) is 82.0. The smallest absolute Gasteiger partial charge is 0.861 e. The minimum atomic E-state index is -0.634. The molecular formula is B3Br3I3Na3O3. The van der Waals surface area contributed by atoms with E-state index in [-0.39, 0.29) is 88.7 Å². The van der Waals surface area contributed by atoms with Gasteiger partial charge in [0.15, 0.2) is 10.8 Å². The maximum absolute atomic E-state index is 9.43. The first kappa shape index (κ1) is 37.7. The molecule has 0 aromatic rings. The van der Waals surface area contributed by atoms with Gasteiger partial charge in [-0.25, -0.2) is 0 Å². The fraction of sp³-hybridized carbons (Fsp3) is 0. The predicted molar refractivity (Wildman–Crippen MR) is 86.1 cm³/mol. The molecule has 0 spiro atoms. The van der Waals surface area contributed by atoms with Gasteiger partial charge in [0.2, 0.25) is 0 Å². The van der Waals surface area contributed by atoms with Gasteiger partial charge in [-0.1, -0.05) is 0 Å². The average Bonchev–Trinajstić information content (AvgIpc) is 1.54. The van der Waals surface area contributed by atoms with E-state index in [0.29, 0.717) is 0 Å². The summed E-state index contributed by atoms with van der Waals surface area (Å²) in [5.74, 6) is 0. The molecule has 0 rings (SSSR count). The zero-order chi connectivity index (χ0) is 10.7. The molecule has 15 heteroatoms. The largest absolute Gasteiger partial charge is 1.00 e. The van der Waals surface area contributed by atoms with Crippen molar-refractivity contribution in [2.45, 2.75) is 0 Å². The topological polar surface area (TPSA) is 69.2 Å². The summed E-state index contributed by atoms with van der Waals surface area (Å²) in [5, 5.41) is 28.3. The Hall–Kier alpha value is 6.70. The van der Waals surface area contributed by atoms with E-state index in [0.717, 1.165) is 0 Å². The van der Waals surface area contributed by atoms with Gasteiger partial charge in [-0.2, -0.15) is 114 Å². The van der Waals surface area contributed by atoms with Crippen LogP contribution in [0.5, 0.6) is 0 Å². The molecule has 0 saturated carbocycles. The summed E-state index contributed by atoms with van der Waals surface area (Å²) in [6.45, 7) is 0. The molecule has 0 aromatic carbocycles. The predicted octanol–water partition coefficient (Wildman–Crippen LogP) is -8.50. The number of hydrogen-bond acceptors (Lipinski definition) is 3. The maximum Gasteiger partial charge on any atom is 1.00 e. The van der Waals surface area contributed by atoms with Crippen molar-refractivity contribution in [3.05, 3.63) is 0 Å². The molecule has 0 radical (unpaired) electrons. The summed E-state index contributed by atoms with van der Waals surface area (Å²) < 4.78 is -1.90. The second-order valence-electron chi connectivity index (χ2n) is 0.782. The normalized spacial score (nSPS) is 5.40. The monoisotopic (exact) mass is 767 g/mol. The van der Waals surface area contributed by atoms with E-state index in [2.05, 4.69) is 47.3 Å². The molecule has 72 valence electrons. The van der Waals surface area contributed by atoms with Crippen LogP contribution in [0.1, 0.15) is 0 Å². The van der Waals surface area contributed by atoms with Crippen molar-refractivity contribution >= 4 is 125 Å². The molecule has 3 nitrogen and oxygen atoms in total. The van der Waals surface area contributed by atoms with Crippen molar-refractivity contribution in [3.8, 4) is 0 Å². The first-order valence-electron chi connectivity index (χ1n) is 2.02. The van der Waals surface area contributed by atoms with E-state index in [4.69, 9.17) is 0 Å². The molecule has 0 saturated heterocycles. The van der Waals surface area contributed by atoms with E-state index in [1.54, 1.807) is 67.1 Å². The summed E-state index contributed by atoms with van der Waals surface area (Å²) in [5.41, 5.74) is 0.